The van der Waals surface area contributed by atoms with Crippen LogP contribution < -0.4 is 9.47 Å². The standard InChI is InChI=1S/C21H23NO6S/c1-3-27-20(25)12-28-17-7-5-4-6-15(17)21-22(19(24)13-29-21)11-14-8-9-16(23)18(10-14)26-2/h4-10,21,23H,3,11-13H2,1-2H3. The number of hydrogen-bond acceptors (Lipinski definition) is 7. The highest BCUT2D eigenvalue weighted by molar-refractivity contribution is 8.00. The minimum absolute atomic E-state index is 0.00670. The van der Waals surface area contributed by atoms with E-state index in [1.54, 1.807) is 36.1 Å². The van der Waals surface area contributed by atoms with Gasteiger partial charge in [0.25, 0.3) is 0 Å². The maximum atomic E-state index is 12.6. The van der Waals surface area contributed by atoms with Gasteiger partial charge < -0.3 is 24.2 Å². The highest BCUT2D eigenvalue weighted by Crippen LogP contribution is 2.43. The summed E-state index contributed by atoms with van der Waals surface area (Å²) in [6.45, 7) is 2.20. The molecule has 1 aliphatic heterocycles. The molecule has 0 spiro atoms. The molecule has 29 heavy (non-hydrogen) atoms. The van der Waals surface area contributed by atoms with Gasteiger partial charge in [0.15, 0.2) is 18.1 Å². The third-order valence-electron chi connectivity index (χ3n) is 4.40. The lowest BCUT2D eigenvalue weighted by Crippen LogP contribution is -2.28. The van der Waals surface area contributed by atoms with Crippen molar-refractivity contribution in [3.63, 3.8) is 0 Å². The first-order chi connectivity index (χ1) is 14.0. The van der Waals surface area contributed by atoms with E-state index >= 15 is 0 Å². The Morgan fingerprint density at radius 1 is 1.24 bits per heavy atom. The van der Waals surface area contributed by atoms with Crippen molar-refractivity contribution in [2.45, 2.75) is 18.8 Å². The molecule has 7 nitrogen and oxygen atoms in total. The van der Waals surface area contributed by atoms with E-state index in [4.69, 9.17) is 14.2 Å². The lowest BCUT2D eigenvalue weighted by molar-refractivity contribution is -0.145. The van der Waals surface area contributed by atoms with Crippen LogP contribution >= 0.6 is 11.8 Å². The van der Waals surface area contributed by atoms with Crippen LogP contribution in [-0.2, 0) is 20.9 Å². The minimum atomic E-state index is -0.439. The number of ether oxygens (including phenoxy) is 3. The lowest BCUT2D eigenvalue weighted by atomic mass is 10.1. The molecule has 1 saturated heterocycles. The zero-order chi connectivity index (χ0) is 20.8. The van der Waals surface area contributed by atoms with Gasteiger partial charge in [0, 0.05) is 12.1 Å². The molecule has 0 saturated carbocycles. The van der Waals surface area contributed by atoms with E-state index in [9.17, 15) is 14.7 Å². The SMILES string of the molecule is CCOC(=O)COc1ccccc1C1SCC(=O)N1Cc1ccc(O)c(OC)c1. The lowest BCUT2D eigenvalue weighted by Gasteiger charge is -2.26. The van der Waals surface area contributed by atoms with Crippen molar-refractivity contribution >= 4 is 23.6 Å². The van der Waals surface area contributed by atoms with Crippen molar-refractivity contribution in [2.75, 3.05) is 26.1 Å². The quantitative estimate of drug-likeness (QED) is 0.661. The molecule has 8 heteroatoms. The van der Waals surface area contributed by atoms with Crippen LogP contribution in [0.3, 0.4) is 0 Å². The minimum Gasteiger partial charge on any atom is -0.504 e. The number of carbonyl (C=O) groups excluding carboxylic acids is 2. The Hall–Kier alpha value is -2.87. The first-order valence-electron chi connectivity index (χ1n) is 9.17. The van der Waals surface area contributed by atoms with E-state index in [2.05, 4.69) is 0 Å². The van der Waals surface area contributed by atoms with Gasteiger partial charge in [-0.25, -0.2) is 4.79 Å². The second-order valence-corrected chi connectivity index (χ2v) is 7.39. The predicted octanol–water partition coefficient (Wildman–Crippen LogP) is 3.12. The fourth-order valence-corrected chi connectivity index (χ4v) is 4.27. The Morgan fingerprint density at radius 2 is 2.03 bits per heavy atom. The summed E-state index contributed by atoms with van der Waals surface area (Å²) in [5.41, 5.74) is 1.66. The first-order valence-corrected chi connectivity index (χ1v) is 10.2. The van der Waals surface area contributed by atoms with Gasteiger partial charge in [-0.2, -0.15) is 0 Å². The Labute approximate surface area is 173 Å². The summed E-state index contributed by atoms with van der Waals surface area (Å²) in [4.78, 5) is 26.0. The number of nitrogens with zero attached hydrogens (tertiary/aromatic N) is 1. The number of phenolic OH excluding ortho intramolecular Hbond substituents is 1. The van der Waals surface area contributed by atoms with Crippen molar-refractivity contribution < 1.29 is 28.9 Å². The average Bonchev–Trinajstić information content (AvgIpc) is 3.08. The van der Waals surface area contributed by atoms with Gasteiger partial charge in [-0.15, -0.1) is 11.8 Å². The third-order valence-corrected chi connectivity index (χ3v) is 5.64. The van der Waals surface area contributed by atoms with Crippen molar-refractivity contribution in [3.8, 4) is 17.2 Å². The zero-order valence-electron chi connectivity index (χ0n) is 16.3. The molecule has 2 aromatic carbocycles. The van der Waals surface area contributed by atoms with Crippen LogP contribution in [0.5, 0.6) is 17.2 Å². The van der Waals surface area contributed by atoms with Gasteiger partial charge in [-0.05, 0) is 30.7 Å². The molecule has 0 aliphatic carbocycles. The van der Waals surface area contributed by atoms with Crippen LogP contribution in [0.15, 0.2) is 42.5 Å². The molecule has 1 N–H and O–H groups in total. The molecule has 3 rings (SSSR count). The van der Waals surface area contributed by atoms with Gasteiger partial charge in [0.2, 0.25) is 5.91 Å². The molecular formula is C21H23NO6S. The molecular weight excluding hydrogens is 394 g/mol. The van der Waals surface area contributed by atoms with Gasteiger partial charge in [0.1, 0.15) is 11.1 Å². The van der Waals surface area contributed by atoms with Crippen molar-refractivity contribution in [1.29, 1.82) is 0 Å². The normalized spacial score (nSPS) is 16.0. The van der Waals surface area contributed by atoms with Gasteiger partial charge in [-0.1, -0.05) is 24.3 Å². The number of esters is 1. The van der Waals surface area contributed by atoms with E-state index in [-0.39, 0.29) is 23.6 Å². The zero-order valence-corrected chi connectivity index (χ0v) is 17.1. The van der Waals surface area contributed by atoms with E-state index in [0.29, 0.717) is 30.4 Å². The van der Waals surface area contributed by atoms with Crippen molar-refractivity contribution in [1.82, 2.24) is 4.90 Å². The highest BCUT2D eigenvalue weighted by Gasteiger charge is 2.34. The van der Waals surface area contributed by atoms with E-state index in [0.717, 1.165) is 11.1 Å². The van der Waals surface area contributed by atoms with Gasteiger partial charge in [-0.3, -0.25) is 4.79 Å². The third kappa shape index (κ3) is 4.95. The molecule has 1 unspecified atom stereocenters. The second kappa shape index (κ2) is 9.56. The molecule has 1 aliphatic rings. The van der Waals surface area contributed by atoms with Gasteiger partial charge >= 0.3 is 5.97 Å². The van der Waals surface area contributed by atoms with Crippen LogP contribution in [-0.4, -0.2) is 48.0 Å². The molecule has 1 heterocycles. The maximum absolute atomic E-state index is 12.6. The molecule has 154 valence electrons. The maximum Gasteiger partial charge on any atom is 0.344 e. The number of phenols is 1. The van der Waals surface area contributed by atoms with Crippen LogP contribution in [0, 0.1) is 0 Å². The summed E-state index contributed by atoms with van der Waals surface area (Å²) in [5.74, 6) is 0.870. The van der Waals surface area contributed by atoms with E-state index < -0.39 is 5.97 Å². The topological polar surface area (TPSA) is 85.3 Å². The summed E-state index contributed by atoms with van der Waals surface area (Å²) < 4.78 is 15.7. The number of rotatable bonds is 8. The predicted molar refractivity (Wildman–Crippen MR) is 109 cm³/mol. The number of hydrogen-bond donors (Lipinski definition) is 1. The van der Waals surface area contributed by atoms with Crippen LogP contribution in [0.4, 0.5) is 0 Å². The highest BCUT2D eigenvalue weighted by atomic mass is 32.2. The monoisotopic (exact) mass is 417 g/mol. The molecule has 0 radical (unpaired) electrons. The summed E-state index contributed by atoms with van der Waals surface area (Å²) in [5, 5.41) is 9.54. The number of thioether (sulfide) groups is 1. The fraction of sp³-hybridized carbons (Fsp3) is 0.333. The van der Waals surface area contributed by atoms with E-state index in [1.807, 2.05) is 18.2 Å². The van der Waals surface area contributed by atoms with Crippen molar-refractivity contribution in [2.24, 2.45) is 0 Å². The average molecular weight is 417 g/mol. The smallest absolute Gasteiger partial charge is 0.344 e. The fourth-order valence-electron chi connectivity index (χ4n) is 3.06. The van der Waals surface area contributed by atoms with Crippen LogP contribution in [0.2, 0.25) is 0 Å². The summed E-state index contributed by atoms with van der Waals surface area (Å²) in [6, 6.07) is 12.4. The number of aromatic hydroxyl groups is 1. The number of para-hydroxylation sites is 1. The number of amides is 1. The van der Waals surface area contributed by atoms with Crippen LogP contribution in [0.25, 0.3) is 0 Å². The first kappa shape index (κ1) is 20.9. The van der Waals surface area contributed by atoms with Gasteiger partial charge in [0.05, 0.1) is 19.5 Å². The molecule has 0 bridgehead atoms. The van der Waals surface area contributed by atoms with Crippen LogP contribution in [0.1, 0.15) is 23.4 Å². The molecule has 2 aromatic rings. The molecule has 1 atom stereocenters. The number of methoxy groups -OCH3 is 1. The largest absolute Gasteiger partial charge is 0.504 e. The Morgan fingerprint density at radius 3 is 2.79 bits per heavy atom. The number of carbonyl (C=O) groups is 2. The summed E-state index contributed by atoms with van der Waals surface area (Å²) in [6.07, 6.45) is 0. The molecule has 1 amide bonds. The second-order valence-electron chi connectivity index (χ2n) is 6.32. The summed E-state index contributed by atoms with van der Waals surface area (Å²) in [7, 11) is 1.48. The summed E-state index contributed by atoms with van der Waals surface area (Å²) >= 11 is 1.50. The number of benzene rings is 2. The Balaban J connectivity index is 1.81. The molecule has 0 aromatic heterocycles. The molecule has 1 fully saturated rings. The Kier molecular flexibility index (Phi) is 6.87. The van der Waals surface area contributed by atoms with E-state index in [1.165, 1.54) is 18.9 Å². The Bertz CT molecular complexity index is 887. The van der Waals surface area contributed by atoms with Crippen molar-refractivity contribution in [3.05, 3.63) is 53.6 Å².